The van der Waals surface area contributed by atoms with Crippen LogP contribution in [0, 0.1) is 17.8 Å². The maximum absolute atomic E-state index is 13.3. The number of carbonyl (C=O) groups excluding carboxylic acids is 3. The van der Waals surface area contributed by atoms with Crippen LogP contribution >= 0.6 is 0 Å². The number of phenols is 1. The molecule has 0 aromatic heterocycles. The largest absolute Gasteiger partial charge is 0.510 e. The number of hydrogen-bond acceptors (Lipinski definition) is 7. The predicted molar refractivity (Wildman–Crippen MR) is 110 cm³/mol. The molecule has 0 fully saturated rings. The first kappa shape index (κ1) is 20.2. The van der Waals surface area contributed by atoms with E-state index in [-0.39, 0.29) is 46.3 Å². The van der Waals surface area contributed by atoms with E-state index in [9.17, 15) is 24.6 Å². The number of fused-ring (bicyclic) bond motifs is 3. The minimum absolute atomic E-state index is 0.0991. The van der Waals surface area contributed by atoms with Crippen LogP contribution in [0.4, 0.5) is 5.69 Å². The van der Waals surface area contributed by atoms with E-state index >= 15 is 0 Å². The fourth-order valence-corrected chi connectivity index (χ4v) is 5.44. The molecule has 4 rings (SSSR count). The number of primary amides is 1. The number of anilines is 1. The van der Waals surface area contributed by atoms with Gasteiger partial charge in [0, 0.05) is 11.5 Å². The summed E-state index contributed by atoms with van der Waals surface area (Å²) < 4.78 is 0. The van der Waals surface area contributed by atoms with Gasteiger partial charge >= 0.3 is 0 Å². The van der Waals surface area contributed by atoms with E-state index in [1.165, 1.54) is 0 Å². The maximum atomic E-state index is 13.3. The summed E-state index contributed by atoms with van der Waals surface area (Å²) in [5.74, 6) is -3.83. The molecule has 0 spiro atoms. The summed E-state index contributed by atoms with van der Waals surface area (Å²) >= 11 is 0. The third-order valence-electron chi connectivity index (χ3n) is 6.86. The molecule has 3 aliphatic rings. The first-order valence-electron chi connectivity index (χ1n) is 9.87. The van der Waals surface area contributed by atoms with E-state index in [0.717, 1.165) is 0 Å². The highest BCUT2D eigenvalue weighted by Crippen LogP contribution is 2.52. The number of phenolic OH excluding ortho intramolecular Hbond substituents is 1. The van der Waals surface area contributed by atoms with E-state index in [1.54, 1.807) is 37.2 Å². The molecule has 4 unspecified atom stereocenters. The van der Waals surface area contributed by atoms with Crippen LogP contribution in [0.5, 0.6) is 5.75 Å². The molecule has 6 N–H and O–H groups in total. The van der Waals surface area contributed by atoms with Gasteiger partial charge in [-0.1, -0.05) is 19.1 Å². The van der Waals surface area contributed by atoms with Crippen LogP contribution in [0.15, 0.2) is 35.1 Å². The van der Waals surface area contributed by atoms with Crippen molar-refractivity contribution in [3.05, 3.63) is 46.2 Å². The smallest absolute Gasteiger partial charge is 0.255 e. The van der Waals surface area contributed by atoms with Crippen LogP contribution < -0.4 is 11.5 Å². The van der Waals surface area contributed by atoms with Crippen molar-refractivity contribution in [2.75, 3.05) is 19.8 Å². The summed E-state index contributed by atoms with van der Waals surface area (Å²) in [6.45, 7) is 1.97. The number of rotatable bonds is 2. The highest BCUT2D eigenvalue weighted by molar-refractivity contribution is 6.22. The van der Waals surface area contributed by atoms with Gasteiger partial charge in [-0.05, 0) is 49.9 Å². The molecule has 0 saturated heterocycles. The molecular formula is C22H25N3O5. The number of aliphatic hydroxyl groups is 1. The Morgan fingerprint density at radius 1 is 1.20 bits per heavy atom. The Balaban J connectivity index is 1.89. The van der Waals surface area contributed by atoms with Crippen molar-refractivity contribution in [2.45, 2.75) is 25.3 Å². The second-order valence-corrected chi connectivity index (χ2v) is 8.64. The topological polar surface area (TPSA) is 147 Å². The third kappa shape index (κ3) is 2.60. The second kappa shape index (κ2) is 6.70. The number of hydrogen-bond donors (Lipinski definition) is 4. The maximum Gasteiger partial charge on any atom is 0.255 e. The highest BCUT2D eigenvalue weighted by Gasteiger charge is 2.51. The number of aliphatic hydroxyl groups excluding tert-OH is 1. The molecule has 5 atom stereocenters. The molecular weight excluding hydrogens is 386 g/mol. The van der Waals surface area contributed by atoms with Crippen molar-refractivity contribution >= 4 is 23.2 Å². The Morgan fingerprint density at radius 3 is 2.47 bits per heavy atom. The van der Waals surface area contributed by atoms with E-state index in [4.69, 9.17) is 11.5 Å². The SMILES string of the molecule is C[C@H]1c2ccc(N)c(O)c2C(=O)C2=CC3C(=O)C(C(N)=O)=C(O)C(N(C)C)C3CC21. The van der Waals surface area contributed by atoms with Gasteiger partial charge in [0.05, 0.1) is 17.3 Å². The Hall–Kier alpha value is -3.13. The summed E-state index contributed by atoms with van der Waals surface area (Å²) in [4.78, 5) is 40.0. The molecule has 0 bridgehead atoms. The summed E-state index contributed by atoms with van der Waals surface area (Å²) in [5.41, 5.74) is 12.2. The van der Waals surface area contributed by atoms with Gasteiger partial charge in [-0.3, -0.25) is 19.3 Å². The van der Waals surface area contributed by atoms with E-state index in [1.807, 2.05) is 6.92 Å². The van der Waals surface area contributed by atoms with Crippen LogP contribution in [0.3, 0.4) is 0 Å². The summed E-state index contributed by atoms with van der Waals surface area (Å²) in [7, 11) is 3.52. The lowest BCUT2D eigenvalue weighted by Gasteiger charge is -2.46. The van der Waals surface area contributed by atoms with Gasteiger partial charge in [0.15, 0.2) is 11.6 Å². The predicted octanol–water partition coefficient (Wildman–Crippen LogP) is 1.26. The number of benzene rings is 1. The Labute approximate surface area is 173 Å². The van der Waals surface area contributed by atoms with Gasteiger partial charge in [-0.15, -0.1) is 0 Å². The molecule has 0 aliphatic heterocycles. The number of aromatic hydroxyl groups is 1. The molecule has 3 aliphatic carbocycles. The zero-order valence-electron chi connectivity index (χ0n) is 17.0. The third-order valence-corrected chi connectivity index (χ3v) is 6.86. The quantitative estimate of drug-likeness (QED) is 0.325. The van der Waals surface area contributed by atoms with Gasteiger partial charge in [0.25, 0.3) is 5.91 Å². The highest BCUT2D eigenvalue weighted by atomic mass is 16.3. The van der Waals surface area contributed by atoms with Crippen LogP contribution in [0.2, 0.25) is 0 Å². The number of nitrogen functional groups attached to an aromatic ring is 1. The first-order chi connectivity index (χ1) is 14.1. The average molecular weight is 411 g/mol. The molecule has 8 nitrogen and oxygen atoms in total. The molecule has 0 saturated carbocycles. The van der Waals surface area contributed by atoms with Gasteiger partial charge in [-0.2, -0.15) is 0 Å². The zero-order chi connectivity index (χ0) is 22.1. The molecule has 1 aromatic rings. The Kier molecular flexibility index (Phi) is 4.50. The number of amides is 1. The molecule has 1 aromatic carbocycles. The summed E-state index contributed by atoms with van der Waals surface area (Å²) in [5, 5.41) is 21.1. The lowest BCUT2D eigenvalue weighted by Crippen LogP contribution is -2.52. The van der Waals surface area contributed by atoms with Crippen molar-refractivity contribution in [3.63, 3.8) is 0 Å². The van der Waals surface area contributed by atoms with Crippen molar-refractivity contribution in [1.29, 1.82) is 0 Å². The number of carbonyl (C=O) groups is 3. The fourth-order valence-electron chi connectivity index (χ4n) is 5.44. The van der Waals surface area contributed by atoms with Crippen LogP contribution in [-0.4, -0.2) is 52.7 Å². The second-order valence-electron chi connectivity index (χ2n) is 8.64. The number of nitrogens with two attached hydrogens (primary N) is 2. The van der Waals surface area contributed by atoms with Crippen LogP contribution in [0.1, 0.15) is 35.2 Å². The zero-order valence-corrected chi connectivity index (χ0v) is 17.0. The van der Waals surface area contributed by atoms with Crippen LogP contribution in [-0.2, 0) is 9.59 Å². The molecule has 0 radical (unpaired) electrons. The lowest BCUT2D eigenvalue weighted by atomic mass is 9.59. The van der Waals surface area contributed by atoms with Crippen LogP contribution in [0.25, 0.3) is 0 Å². The number of nitrogens with zero attached hydrogens (tertiary/aromatic N) is 1. The van der Waals surface area contributed by atoms with Gasteiger partial charge in [-0.25, -0.2) is 0 Å². The van der Waals surface area contributed by atoms with Crippen molar-refractivity contribution in [3.8, 4) is 5.75 Å². The minimum Gasteiger partial charge on any atom is -0.510 e. The fraction of sp³-hybridized carbons (Fsp3) is 0.409. The molecule has 0 heterocycles. The molecule has 158 valence electrons. The van der Waals surface area contributed by atoms with Gasteiger partial charge in [0.1, 0.15) is 17.1 Å². The molecule has 1 amide bonds. The van der Waals surface area contributed by atoms with Crippen molar-refractivity contribution in [2.24, 2.45) is 23.5 Å². The van der Waals surface area contributed by atoms with Gasteiger partial charge < -0.3 is 21.7 Å². The number of likely N-dealkylation sites (N-methyl/N-ethyl adjacent to an activating group) is 1. The molecule has 30 heavy (non-hydrogen) atoms. The standard InChI is InChI=1S/C22H25N3O5/c1-8-9-4-5-14(23)20(28)15(9)18(26)12-7-13-11(6-10(8)12)17(25(2)3)21(29)16(19(13)27)22(24)30/h4-5,7-8,10-11,13,17,28-29H,6,23H2,1-3H3,(H2,24,30)/t8-,10?,11?,13?,17?/m0/s1. The number of ketones is 2. The lowest BCUT2D eigenvalue weighted by molar-refractivity contribution is -0.126. The Bertz CT molecular complexity index is 1060. The average Bonchev–Trinajstić information content (AvgIpc) is 2.67. The van der Waals surface area contributed by atoms with Gasteiger partial charge in [0.2, 0.25) is 0 Å². The van der Waals surface area contributed by atoms with Crippen molar-refractivity contribution in [1.82, 2.24) is 4.90 Å². The van der Waals surface area contributed by atoms with E-state index in [0.29, 0.717) is 17.6 Å². The number of Topliss-reactive ketones (excluding diaryl/α,β-unsaturated/α-hetero) is 2. The van der Waals surface area contributed by atoms with E-state index in [2.05, 4.69) is 0 Å². The summed E-state index contributed by atoms with van der Waals surface area (Å²) in [6, 6.07) is 2.77. The summed E-state index contributed by atoms with van der Waals surface area (Å²) in [6.07, 6.45) is 2.08. The first-order valence-corrected chi connectivity index (χ1v) is 9.87. The monoisotopic (exact) mass is 411 g/mol. The molecule has 8 heteroatoms. The minimum atomic E-state index is -0.984. The number of allylic oxidation sites excluding steroid dienone is 2. The Morgan fingerprint density at radius 2 is 1.87 bits per heavy atom. The van der Waals surface area contributed by atoms with Crippen molar-refractivity contribution < 1.29 is 24.6 Å². The van der Waals surface area contributed by atoms with E-state index < -0.39 is 29.2 Å². The normalized spacial score (nSPS) is 30.5.